The number of ether oxygens (including phenoxy) is 1. The maximum atomic E-state index is 12.7. The van der Waals surface area contributed by atoms with Gasteiger partial charge in [-0.1, -0.05) is 6.92 Å². The van der Waals surface area contributed by atoms with Crippen LogP contribution in [0.1, 0.15) is 24.5 Å². The highest BCUT2D eigenvalue weighted by Crippen LogP contribution is 2.28. The summed E-state index contributed by atoms with van der Waals surface area (Å²) in [6, 6.07) is 6.74. The molecule has 0 amide bonds. The predicted molar refractivity (Wildman–Crippen MR) is 96.3 cm³/mol. The van der Waals surface area contributed by atoms with Crippen molar-refractivity contribution in [1.29, 1.82) is 0 Å². The van der Waals surface area contributed by atoms with Crippen molar-refractivity contribution in [2.24, 2.45) is 0 Å². The van der Waals surface area contributed by atoms with E-state index in [-0.39, 0.29) is 10.7 Å². The van der Waals surface area contributed by atoms with E-state index in [1.54, 1.807) is 30.5 Å². The number of anilines is 2. The van der Waals surface area contributed by atoms with Crippen LogP contribution in [-0.4, -0.2) is 27.1 Å². The third kappa shape index (κ3) is 4.17. The second-order valence-electron chi connectivity index (χ2n) is 5.55. The van der Waals surface area contributed by atoms with Gasteiger partial charge in [0.05, 0.1) is 19.0 Å². The lowest BCUT2D eigenvalue weighted by atomic mass is 10.1. The number of hydrogen-bond donors (Lipinski definition) is 2. The number of pyridine rings is 1. The van der Waals surface area contributed by atoms with Gasteiger partial charge in [0.2, 0.25) is 0 Å². The van der Waals surface area contributed by atoms with Crippen LogP contribution in [0.5, 0.6) is 5.75 Å². The van der Waals surface area contributed by atoms with E-state index in [1.807, 2.05) is 13.8 Å². The lowest BCUT2D eigenvalue weighted by Gasteiger charge is -2.13. The summed E-state index contributed by atoms with van der Waals surface area (Å²) in [6.07, 6.45) is 2.60. The number of methoxy groups -OCH3 is 1. The Labute approximate surface area is 143 Å². The van der Waals surface area contributed by atoms with Crippen LogP contribution in [0.15, 0.2) is 35.4 Å². The molecule has 6 nitrogen and oxygen atoms in total. The average Bonchev–Trinajstić information content (AvgIpc) is 2.56. The molecule has 0 unspecified atom stereocenters. The molecule has 0 saturated carbocycles. The van der Waals surface area contributed by atoms with E-state index in [0.717, 1.165) is 29.8 Å². The third-order valence-corrected chi connectivity index (χ3v) is 5.03. The quantitative estimate of drug-likeness (QED) is 0.801. The Morgan fingerprint density at radius 2 is 1.88 bits per heavy atom. The molecule has 1 aromatic carbocycles. The van der Waals surface area contributed by atoms with Gasteiger partial charge < -0.3 is 10.1 Å². The number of hydrogen-bond acceptors (Lipinski definition) is 5. The van der Waals surface area contributed by atoms with Gasteiger partial charge in [-0.3, -0.25) is 4.72 Å². The molecule has 2 aromatic rings. The van der Waals surface area contributed by atoms with Crippen LogP contribution in [0.4, 0.5) is 11.5 Å². The standard InChI is InChI=1S/C17H23N3O3S/c1-5-8-18-14-6-7-17(19-11-14)20-24(21,22)16-10-13(3)12(2)9-15(16)23-4/h6-7,9-11,18H,5,8H2,1-4H3,(H,19,20). The molecular weight excluding hydrogens is 326 g/mol. The van der Waals surface area contributed by atoms with E-state index in [9.17, 15) is 8.42 Å². The third-order valence-electron chi connectivity index (χ3n) is 3.65. The first-order chi connectivity index (χ1) is 11.4. The zero-order valence-corrected chi connectivity index (χ0v) is 15.2. The molecule has 0 radical (unpaired) electrons. The van der Waals surface area contributed by atoms with Gasteiger partial charge in [0.25, 0.3) is 10.0 Å². The molecule has 1 aromatic heterocycles. The van der Waals surface area contributed by atoms with Crippen LogP contribution >= 0.6 is 0 Å². The summed E-state index contributed by atoms with van der Waals surface area (Å²) in [6.45, 7) is 6.68. The van der Waals surface area contributed by atoms with Crippen molar-refractivity contribution in [1.82, 2.24) is 4.98 Å². The van der Waals surface area contributed by atoms with Crippen molar-refractivity contribution in [2.45, 2.75) is 32.1 Å². The van der Waals surface area contributed by atoms with Crippen LogP contribution in [-0.2, 0) is 10.0 Å². The number of benzene rings is 1. The summed E-state index contributed by atoms with van der Waals surface area (Å²) >= 11 is 0. The largest absolute Gasteiger partial charge is 0.495 e. The molecule has 0 saturated heterocycles. The molecule has 0 spiro atoms. The number of aryl methyl sites for hydroxylation is 2. The molecule has 0 aliphatic heterocycles. The van der Waals surface area contributed by atoms with Gasteiger partial charge in [0.1, 0.15) is 16.5 Å². The summed E-state index contributed by atoms with van der Waals surface area (Å²) in [5.41, 5.74) is 2.70. The Bertz CT molecular complexity index is 803. The van der Waals surface area contributed by atoms with Gasteiger partial charge in [0, 0.05) is 6.54 Å². The van der Waals surface area contributed by atoms with Crippen molar-refractivity contribution < 1.29 is 13.2 Å². The molecule has 1 heterocycles. The number of aromatic nitrogens is 1. The molecule has 2 N–H and O–H groups in total. The van der Waals surface area contributed by atoms with Gasteiger partial charge in [-0.2, -0.15) is 0 Å². The molecule has 0 atom stereocenters. The first-order valence-corrected chi connectivity index (χ1v) is 9.23. The molecule has 2 rings (SSSR count). The van der Waals surface area contributed by atoms with Gasteiger partial charge in [-0.05, 0) is 55.7 Å². The van der Waals surface area contributed by atoms with E-state index >= 15 is 0 Å². The summed E-state index contributed by atoms with van der Waals surface area (Å²) in [7, 11) is -2.33. The fourth-order valence-electron chi connectivity index (χ4n) is 2.15. The Morgan fingerprint density at radius 3 is 2.46 bits per heavy atom. The predicted octanol–water partition coefficient (Wildman–Crippen LogP) is 3.33. The minimum absolute atomic E-state index is 0.100. The normalized spacial score (nSPS) is 11.2. The van der Waals surface area contributed by atoms with E-state index in [0.29, 0.717) is 5.75 Å². The number of nitrogens with zero attached hydrogens (tertiary/aromatic N) is 1. The van der Waals surface area contributed by atoms with Gasteiger partial charge in [0.15, 0.2) is 0 Å². The maximum Gasteiger partial charge on any atom is 0.266 e. The molecule has 0 bridgehead atoms. The molecule has 130 valence electrons. The van der Waals surface area contributed by atoms with Crippen LogP contribution in [0.3, 0.4) is 0 Å². The number of nitrogens with one attached hydrogen (secondary N) is 2. The van der Waals surface area contributed by atoms with Gasteiger partial charge in [-0.25, -0.2) is 13.4 Å². The van der Waals surface area contributed by atoms with Crippen LogP contribution in [0.2, 0.25) is 0 Å². The Hall–Kier alpha value is -2.28. The zero-order chi connectivity index (χ0) is 17.7. The van der Waals surface area contributed by atoms with E-state index in [1.165, 1.54) is 7.11 Å². The van der Waals surface area contributed by atoms with Crippen LogP contribution < -0.4 is 14.8 Å². The summed E-state index contributed by atoms with van der Waals surface area (Å²) < 4.78 is 33.0. The van der Waals surface area contributed by atoms with Crippen LogP contribution in [0, 0.1) is 13.8 Å². The van der Waals surface area contributed by atoms with Crippen molar-refractivity contribution in [3.63, 3.8) is 0 Å². The molecule has 7 heteroatoms. The topological polar surface area (TPSA) is 80.3 Å². The molecule has 0 aliphatic carbocycles. The van der Waals surface area contributed by atoms with E-state index in [2.05, 4.69) is 21.9 Å². The smallest absolute Gasteiger partial charge is 0.266 e. The first-order valence-electron chi connectivity index (χ1n) is 7.75. The lowest BCUT2D eigenvalue weighted by Crippen LogP contribution is -2.15. The maximum absolute atomic E-state index is 12.7. The highest BCUT2D eigenvalue weighted by molar-refractivity contribution is 7.92. The van der Waals surface area contributed by atoms with Crippen molar-refractivity contribution in [3.05, 3.63) is 41.6 Å². The minimum Gasteiger partial charge on any atom is -0.495 e. The summed E-state index contributed by atoms with van der Waals surface area (Å²) in [4.78, 5) is 4.24. The molecular formula is C17H23N3O3S. The highest BCUT2D eigenvalue weighted by atomic mass is 32.2. The Balaban J connectivity index is 2.27. The highest BCUT2D eigenvalue weighted by Gasteiger charge is 2.21. The number of sulfonamides is 1. The molecule has 24 heavy (non-hydrogen) atoms. The minimum atomic E-state index is -3.78. The fourth-order valence-corrected chi connectivity index (χ4v) is 3.40. The second-order valence-corrected chi connectivity index (χ2v) is 7.20. The zero-order valence-electron chi connectivity index (χ0n) is 14.4. The molecule has 0 fully saturated rings. The van der Waals surface area contributed by atoms with Gasteiger partial charge >= 0.3 is 0 Å². The Kier molecular flexibility index (Phi) is 5.66. The molecule has 0 aliphatic rings. The summed E-state index contributed by atoms with van der Waals surface area (Å²) in [5, 5.41) is 3.19. The fraction of sp³-hybridized carbons (Fsp3) is 0.353. The summed E-state index contributed by atoms with van der Waals surface area (Å²) in [5.74, 6) is 0.573. The van der Waals surface area contributed by atoms with Crippen LogP contribution in [0.25, 0.3) is 0 Å². The van der Waals surface area contributed by atoms with Crippen molar-refractivity contribution in [3.8, 4) is 5.75 Å². The lowest BCUT2D eigenvalue weighted by molar-refractivity contribution is 0.402. The van der Waals surface area contributed by atoms with E-state index < -0.39 is 10.0 Å². The SMILES string of the molecule is CCCNc1ccc(NS(=O)(=O)c2cc(C)c(C)cc2OC)nc1. The van der Waals surface area contributed by atoms with Gasteiger partial charge in [-0.15, -0.1) is 0 Å². The van der Waals surface area contributed by atoms with Crippen molar-refractivity contribution >= 4 is 21.5 Å². The second kappa shape index (κ2) is 7.53. The monoisotopic (exact) mass is 349 g/mol. The Morgan fingerprint density at radius 1 is 1.17 bits per heavy atom. The van der Waals surface area contributed by atoms with Crippen molar-refractivity contribution in [2.75, 3.05) is 23.7 Å². The first kappa shape index (κ1) is 18.1. The van der Waals surface area contributed by atoms with E-state index in [4.69, 9.17) is 4.74 Å². The number of rotatable bonds is 7. The average molecular weight is 349 g/mol.